The third-order valence-electron chi connectivity index (χ3n) is 4.52. The summed E-state index contributed by atoms with van der Waals surface area (Å²) in [6.45, 7) is 0. The summed E-state index contributed by atoms with van der Waals surface area (Å²) in [5, 5.41) is 8.54. The number of nitrogen functional groups attached to an aromatic ring is 1. The van der Waals surface area contributed by atoms with Gasteiger partial charge in [0.25, 0.3) is 0 Å². The molecule has 1 aromatic heterocycles. The van der Waals surface area contributed by atoms with Crippen molar-refractivity contribution in [2.24, 2.45) is 0 Å². The summed E-state index contributed by atoms with van der Waals surface area (Å²) in [5.41, 5.74) is 7.91. The number of hydrogen-bond acceptors (Lipinski definition) is 6. The number of nitrogens with zero attached hydrogens (tertiary/aromatic N) is 3. The number of aromatic nitrogens is 3. The van der Waals surface area contributed by atoms with Crippen molar-refractivity contribution in [2.45, 2.75) is 9.92 Å². The number of nitrogens with two attached hydrogens (primary N) is 1. The number of ether oxygens (including phenoxy) is 1. The SMILES string of the molecule is COc1ccc(S(=O)(=O)c2nnn(-c3ccc(N)cc3)c2-c2ccc(Cl)cc2)cc1. The number of anilines is 1. The van der Waals surface area contributed by atoms with Gasteiger partial charge in [-0.15, -0.1) is 5.10 Å². The summed E-state index contributed by atoms with van der Waals surface area (Å²) in [7, 11) is -2.44. The smallest absolute Gasteiger partial charge is 0.227 e. The maximum atomic E-state index is 13.4. The van der Waals surface area contributed by atoms with E-state index in [0.29, 0.717) is 33.4 Å². The number of sulfone groups is 1. The fraction of sp³-hybridized carbons (Fsp3) is 0.0476. The summed E-state index contributed by atoms with van der Waals surface area (Å²) in [6, 6.07) is 19.8. The van der Waals surface area contributed by atoms with Crippen LogP contribution in [0, 0.1) is 0 Å². The summed E-state index contributed by atoms with van der Waals surface area (Å²) in [6.07, 6.45) is 0. The first-order valence-electron chi connectivity index (χ1n) is 8.87. The highest BCUT2D eigenvalue weighted by molar-refractivity contribution is 7.91. The van der Waals surface area contributed by atoms with E-state index in [-0.39, 0.29) is 9.92 Å². The van der Waals surface area contributed by atoms with Crippen LogP contribution in [0.3, 0.4) is 0 Å². The summed E-state index contributed by atoms with van der Waals surface area (Å²) in [4.78, 5) is 0.0860. The third kappa shape index (κ3) is 3.62. The Kier molecular flexibility index (Phi) is 5.19. The van der Waals surface area contributed by atoms with Crippen LogP contribution < -0.4 is 10.5 Å². The van der Waals surface area contributed by atoms with E-state index in [1.807, 2.05) is 0 Å². The summed E-state index contributed by atoms with van der Waals surface area (Å²) in [5.74, 6) is 0.553. The van der Waals surface area contributed by atoms with Gasteiger partial charge in [-0.3, -0.25) is 0 Å². The monoisotopic (exact) mass is 440 g/mol. The van der Waals surface area contributed by atoms with Gasteiger partial charge in [0.15, 0.2) is 0 Å². The normalized spacial score (nSPS) is 11.4. The fourth-order valence-corrected chi connectivity index (χ4v) is 4.41. The molecule has 0 aliphatic rings. The minimum atomic E-state index is -3.96. The molecule has 1 heterocycles. The van der Waals surface area contributed by atoms with Gasteiger partial charge in [0.2, 0.25) is 14.9 Å². The molecule has 4 rings (SSSR count). The molecule has 4 aromatic rings. The van der Waals surface area contributed by atoms with Crippen molar-refractivity contribution < 1.29 is 13.2 Å². The lowest BCUT2D eigenvalue weighted by Crippen LogP contribution is -2.06. The molecule has 2 N–H and O–H groups in total. The predicted molar refractivity (Wildman–Crippen MR) is 115 cm³/mol. The first kappa shape index (κ1) is 19.9. The Hall–Kier alpha value is -3.36. The van der Waals surface area contributed by atoms with Crippen LogP contribution in [-0.4, -0.2) is 30.5 Å². The van der Waals surface area contributed by atoms with Gasteiger partial charge in [-0.05, 0) is 60.7 Å². The number of hydrogen-bond donors (Lipinski definition) is 1. The number of rotatable bonds is 5. The van der Waals surface area contributed by atoms with Crippen LogP contribution in [0.1, 0.15) is 0 Å². The first-order chi connectivity index (χ1) is 14.4. The zero-order chi connectivity index (χ0) is 21.3. The molecular formula is C21H17ClN4O3S. The topological polar surface area (TPSA) is 100 Å². The third-order valence-corrected chi connectivity index (χ3v) is 6.45. The summed E-state index contributed by atoms with van der Waals surface area (Å²) < 4.78 is 33.4. The Labute approximate surface area is 178 Å². The van der Waals surface area contributed by atoms with Gasteiger partial charge in [0, 0.05) is 16.3 Å². The molecule has 0 bridgehead atoms. The Bertz CT molecular complexity index is 1280. The van der Waals surface area contributed by atoms with E-state index >= 15 is 0 Å². The average molecular weight is 441 g/mol. The van der Waals surface area contributed by atoms with E-state index in [9.17, 15) is 8.42 Å². The van der Waals surface area contributed by atoms with Crippen molar-refractivity contribution in [3.63, 3.8) is 0 Å². The molecular weight excluding hydrogens is 424 g/mol. The van der Waals surface area contributed by atoms with Crippen LogP contribution in [0.4, 0.5) is 5.69 Å². The van der Waals surface area contributed by atoms with Crippen molar-refractivity contribution in [3.05, 3.63) is 77.8 Å². The van der Waals surface area contributed by atoms with E-state index in [2.05, 4.69) is 10.3 Å². The molecule has 0 spiro atoms. The van der Waals surface area contributed by atoms with Crippen molar-refractivity contribution in [1.29, 1.82) is 0 Å². The van der Waals surface area contributed by atoms with Crippen molar-refractivity contribution in [2.75, 3.05) is 12.8 Å². The van der Waals surface area contributed by atoms with E-state index in [1.165, 1.54) is 23.9 Å². The Morgan fingerprint density at radius 2 is 1.57 bits per heavy atom. The minimum Gasteiger partial charge on any atom is -0.497 e. The molecule has 0 aliphatic heterocycles. The second-order valence-electron chi connectivity index (χ2n) is 6.43. The van der Waals surface area contributed by atoms with Gasteiger partial charge < -0.3 is 10.5 Å². The van der Waals surface area contributed by atoms with Crippen molar-refractivity contribution in [1.82, 2.24) is 15.0 Å². The second kappa shape index (κ2) is 7.81. The molecule has 7 nitrogen and oxygen atoms in total. The molecule has 0 amide bonds. The molecule has 0 radical (unpaired) electrons. The fourth-order valence-electron chi connectivity index (χ4n) is 2.97. The maximum Gasteiger partial charge on any atom is 0.227 e. The van der Waals surface area contributed by atoms with Crippen LogP contribution in [0.15, 0.2) is 82.7 Å². The zero-order valence-corrected chi connectivity index (χ0v) is 17.4. The number of halogens is 1. The highest BCUT2D eigenvalue weighted by Crippen LogP contribution is 2.33. The molecule has 0 unspecified atom stereocenters. The van der Waals surface area contributed by atoms with E-state index in [0.717, 1.165) is 0 Å². The first-order valence-corrected chi connectivity index (χ1v) is 10.7. The second-order valence-corrected chi connectivity index (χ2v) is 8.73. The average Bonchev–Trinajstić information content (AvgIpc) is 3.21. The van der Waals surface area contributed by atoms with Crippen LogP contribution in [-0.2, 0) is 9.84 Å². The molecule has 0 saturated carbocycles. The quantitative estimate of drug-likeness (QED) is 0.470. The Morgan fingerprint density at radius 3 is 2.17 bits per heavy atom. The van der Waals surface area contributed by atoms with E-state index in [1.54, 1.807) is 60.7 Å². The largest absolute Gasteiger partial charge is 0.497 e. The zero-order valence-electron chi connectivity index (χ0n) is 15.9. The molecule has 152 valence electrons. The predicted octanol–water partition coefficient (Wildman–Crippen LogP) is 4.01. The lowest BCUT2D eigenvalue weighted by atomic mass is 10.1. The Morgan fingerprint density at radius 1 is 0.933 bits per heavy atom. The lowest BCUT2D eigenvalue weighted by Gasteiger charge is -2.10. The van der Waals surface area contributed by atoms with Gasteiger partial charge in [0.05, 0.1) is 17.7 Å². The molecule has 3 aromatic carbocycles. The van der Waals surface area contributed by atoms with Gasteiger partial charge in [-0.1, -0.05) is 28.9 Å². The summed E-state index contributed by atoms with van der Waals surface area (Å²) >= 11 is 6.02. The lowest BCUT2D eigenvalue weighted by molar-refractivity contribution is 0.414. The van der Waals surface area contributed by atoms with E-state index < -0.39 is 9.84 Å². The molecule has 0 fully saturated rings. The molecule has 0 saturated heterocycles. The van der Waals surface area contributed by atoms with Gasteiger partial charge in [-0.25, -0.2) is 13.1 Å². The maximum absolute atomic E-state index is 13.4. The van der Waals surface area contributed by atoms with Gasteiger partial charge >= 0.3 is 0 Å². The molecule has 0 aliphatic carbocycles. The van der Waals surface area contributed by atoms with E-state index in [4.69, 9.17) is 22.1 Å². The van der Waals surface area contributed by atoms with Crippen LogP contribution in [0.5, 0.6) is 5.75 Å². The Balaban J connectivity index is 1.93. The molecule has 9 heteroatoms. The van der Waals surface area contributed by atoms with Crippen LogP contribution in [0.25, 0.3) is 16.9 Å². The van der Waals surface area contributed by atoms with Crippen molar-refractivity contribution in [3.8, 4) is 22.7 Å². The van der Waals surface area contributed by atoms with Gasteiger partial charge in [-0.2, -0.15) is 0 Å². The molecule has 30 heavy (non-hydrogen) atoms. The highest BCUT2D eigenvalue weighted by Gasteiger charge is 2.29. The minimum absolute atomic E-state index is 0.0860. The number of benzene rings is 3. The van der Waals surface area contributed by atoms with Crippen LogP contribution in [0.2, 0.25) is 5.02 Å². The van der Waals surface area contributed by atoms with Crippen molar-refractivity contribution >= 4 is 27.1 Å². The molecule has 0 atom stereocenters. The van der Waals surface area contributed by atoms with Crippen LogP contribution >= 0.6 is 11.6 Å². The van der Waals surface area contributed by atoms with Gasteiger partial charge in [0.1, 0.15) is 11.4 Å². The highest BCUT2D eigenvalue weighted by atomic mass is 35.5. The number of methoxy groups -OCH3 is 1. The standard InChI is InChI=1S/C21H17ClN4O3S/c1-29-18-10-12-19(13-11-18)30(27,28)21-20(14-2-4-15(22)5-3-14)26(25-24-21)17-8-6-16(23)7-9-17/h2-13H,23H2,1H3.